The predicted octanol–water partition coefficient (Wildman–Crippen LogP) is 4.14. The molecule has 0 radical (unpaired) electrons. The standard InChI is InChI=1S/C16H12BrFO2/c17-12-4-1-5-13(18)15(12)16(19)11-6-7-14-10(9-11)3-2-8-20-14/h1,4-7,9H,2-3,8H2. The molecule has 0 saturated heterocycles. The van der Waals surface area contributed by atoms with Crippen LogP contribution in [0.25, 0.3) is 0 Å². The van der Waals surface area contributed by atoms with E-state index in [0.29, 0.717) is 16.6 Å². The lowest BCUT2D eigenvalue weighted by molar-refractivity contribution is 0.103. The van der Waals surface area contributed by atoms with Gasteiger partial charge in [-0.3, -0.25) is 4.79 Å². The van der Waals surface area contributed by atoms with E-state index in [1.54, 1.807) is 30.3 Å². The Labute approximate surface area is 124 Å². The van der Waals surface area contributed by atoms with Gasteiger partial charge in [0.15, 0.2) is 5.78 Å². The summed E-state index contributed by atoms with van der Waals surface area (Å²) in [7, 11) is 0. The molecule has 2 aromatic carbocycles. The molecule has 0 spiro atoms. The lowest BCUT2D eigenvalue weighted by atomic mass is 9.98. The first-order valence-electron chi connectivity index (χ1n) is 6.41. The molecule has 1 aliphatic rings. The fourth-order valence-electron chi connectivity index (χ4n) is 2.36. The van der Waals surface area contributed by atoms with Crippen LogP contribution in [0.1, 0.15) is 27.9 Å². The van der Waals surface area contributed by atoms with Crippen LogP contribution in [0.4, 0.5) is 4.39 Å². The van der Waals surface area contributed by atoms with E-state index < -0.39 is 5.82 Å². The van der Waals surface area contributed by atoms with Crippen molar-refractivity contribution >= 4 is 21.7 Å². The van der Waals surface area contributed by atoms with Crippen molar-refractivity contribution in [3.63, 3.8) is 0 Å². The van der Waals surface area contributed by atoms with Gasteiger partial charge in [-0.1, -0.05) is 6.07 Å². The quantitative estimate of drug-likeness (QED) is 0.771. The van der Waals surface area contributed by atoms with Crippen LogP contribution >= 0.6 is 15.9 Å². The molecular weight excluding hydrogens is 323 g/mol. The molecule has 102 valence electrons. The van der Waals surface area contributed by atoms with E-state index in [1.165, 1.54) is 6.07 Å². The topological polar surface area (TPSA) is 26.3 Å². The van der Waals surface area contributed by atoms with Crippen molar-refractivity contribution < 1.29 is 13.9 Å². The molecule has 0 aromatic heterocycles. The molecule has 0 N–H and O–H groups in total. The third-order valence-electron chi connectivity index (χ3n) is 3.36. The van der Waals surface area contributed by atoms with Gasteiger partial charge in [0.2, 0.25) is 0 Å². The van der Waals surface area contributed by atoms with Crippen molar-refractivity contribution in [3.05, 3.63) is 63.4 Å². The summed E-state index contributed by atoms with van der Waals surface area (Å²) < 4.78 is 19.8. The van der Waals surface area contributed by atoms with Gasteiger partial charge in [0.1, 0.15) is 11.6 Å². The summed E-state index contributed by atoms with van der Waals surface area (Å²) in [6, 6.07) is 9.80. The number of carbonyl (C=O) groups is 1. The van der Waals surface area contributed by atoms with Gasteiger partial charge in [0.05, 0.1) is 12.2 Å². The normalized spacial score (nSPS) is 13.5. The van der Waals surface area contributed by atoms with E-state index in [1.807, 2.05) is 0 Å². The molecule has 0 aliphatic carbocycles. The third kappa shape index (κ3) is 2.36. The number of hydrogen-bond acceptors (Lipinski definition) is 2. The summed E-state index contributed by atoms with van der Waals surface area (Å²) in [6.45, 7) is 0.707. The number of fused-ring (bicyclic) bond motifs is 1. The minimum atomic E-state index is -0.515. The molecule has 20 heavy (non-hydrogen) atoms. The first-order valence-corrected chi connectivity index (χ1v) is 7.20. The number of benzene rings is 2. The molecule has 0 fully saturated rings. The highest BCUT2D eigenvalue weighted by Crippen LogP contribution is 2.28. The largest absolute Gasteiger partial charge is 0.493 e. The first kappa shape index (κ1) is 13.3. The summed E-state index contributed by atoms with van der Waals surface area (Å²) in [5.41, 5.74) is 1.57. The number of rotatable bonds is 2. The fourth-order valence-corrected chi connectivity index (χ4v) is 2.88. The summed E-state index contributed by atoms with van der Waals surface area (Å²) in [6.07, 6.45) is 1.82. The first-order chi connectivity index (χ1) is 9.66. The SMILES string of the molecule is O=C(c1ccc2c(c1)CCCO2)c1c(F)cccc1Br. The summed E-state index contributed by atoms with van der Waals surface area (Å²) >= 11 is 3.23. The summed E-state index contributed by atoms with van der Waals surface area (Å²) in [4.78, 5) is 12.5. The molecule has 0 bridgehead atoms. The lowest BCUT2D eigenvalue weighted by Gasteiger charge is -2.17. The molecule has 2 nitrogen and oxygen atoms in total. The summed E-state index contributed by atoms with van der Waals surface area (Å²) in [5.74, 6) is -0.0120. The van der Waals surface area contributed by atoms with Gasteiger partial charge in [-0.05, 0) is 64.7 Å². The maximum Gasteiger partial charge on any atom is 0.197 e. The maximum absolute atomic E-state index is 13.9. The van der Waals surface area contributed by atoms with Gasteiger partial charge in [-0.2, -0.15) is 0 Å². The van der Waals surface area contributed by atoms with Crippen molar-refractivity contribution in [1.82, 2.24) is 0 Å². The Hall–Kier alpha value is -1.68. The molecule has 1 aliphatic heterocycles. The molecule has 0 atom stereocenters. The molecule has 1 heterocycles. The van der Waals surface area contributed by atoms with E-state index in [-0.39, 0.29) is 11.3 Å². The zero-order valence-corrected chi connectivity index (χ0v) is 12.2. The fraction of sp³-hybridized carbons (Fsp3) is 0.188. The zero-order chi connectivity index (χ0) is 14.1. The maximum atomic E-state index is 13.9. The lowest BCUT2D eigenvalue weighted by Crippen LogP contribution is -2.11. The zero-order valence-electron chi connectivity index (χ0n) is 10.7. The second-order valence-corrected chi connectivity index (χ2v) is 5.55. The Kier molecular flexibility index (Phi) is 3.57. The summed E-state index contributed by atoms with van der Waals surface area (Å²) in [5, 5.41) is 0. The Balaban J connectivity index is 2.03. The smallest absolute Gasteiger partial charge is 0.197 e. The van der Waals surface area contributed by atoms with Crippen LogP contribution < -0.4 is 4.74 Å². The van der Waals surface area contributed by atoms with E-state index >= 15 is 0 Å². The van der Waals surface area contributed by atoms with Crippen molar-refractivity contribution in [2.75, 3.05) is 6.61 Å². The Morgan fingerprint density at radius 3 is 2.90 bits per heavy atom. The number of hydrogen-bond donors (Lipinski definition) is 0. The van der Waals surface area contributed by atoms with Crippen molar-refractivity contribution in [2.24, 2.45) is 0 Å². The van der Waals surface area contributed by atoms with Crippen molar-refractivity contribution in [1.29, 1.82) is 0 Å². The van der Waals surface area contributed by atoms with Gasteiger partial charge in [-0.15, -0.1) is 0 Å². The molecule has 0 unspecified atom stereocenters. The van der Waals surface area contributed by atoms with Crippen LogP contribution in [0.3, 0.4) is 0 Å². The number of ketones is 1. The highest BCUT2D eigenvalue weighted by Gasteiger charge is 2.19. The number of aryl methyl sites for hydroxylation is 1. The van der Waals surface area contributed by atoms with Crippen LogP contribution in [0.15, 0.2) is 40.9 Å². The van der Waals surface area contributed by atoms with Gasteiger partial charge in [0.25, 0.3) is 0 Å². The van der Waals surface area contributed by atoms with E-state index in [4.69, 9.17) is 4.74 Å². The molecular formula is C16H12BrFO2. The van der Waals surface area contributed by atoms with Gasteiger partial charge in [0, 0.05) is 10.0 Å². The van der Waals surface area contributed by atoms with Crippen LogP contribution in [0.2, 0.25) is 0 Å². The number of ether oxygens (including phenoxy) is 1. The van der Waals surface area contributed by atoms with E-state index in [0.717, 1.165) is 24.2 Å². The minimum absolute atomic E-state index is 0.0733. The Bertz CT molecular complexity index is 662. The van der Waals surface area contributed by atoms with Crippen LogP contribution in [-0.2, 0) is 6.42 Å². The molecule has 4 heteroatoms. The highest BCUT2D eigenvalue weighted by molar-refractivity contribution is 9.10. The number of carbonyl (C=O) groups excluding carboxylic acids is 1. The van der Waals surface area contributed by atoms with E-state index in [2.05, 4.69) is 15.9 Å². The molecule has 3 rings (SSSR count). The Morgan fingerprint density at radius 2 is 2.10 bits per heavy atom. The molecule has 0 saturated carbocycles. The van der Waals surface area contributed by atoms with Gasteiger partial charge >= 0.3 is 0 Å². The highest BCUT2D eigenvalue weighted by atomic mass is 79.9. The average molecular weight is 335 g/mol. The second kappa shape index (κ2) is 5.37. The van der Waals surface area contributed by atoms with E-state index in [9.17, 15) is 9.18 Å². The molecule has 0 amide bonds. The monoisotopic (exact) mass is 334 g/mol. The van der Waals surface area contributed by atoms with Gasteiger partial charge < -0.3 is 4.74 Å². The third-order valence-corrected chi connectivity index (χ3v) is 4.02. The van der Waals surface area contributed by atoms with Gasteiger partial charge in [-0.25, -0.2) is 4.39 Å². The second-order valence-electron chi connectivity index (χ2n) is 4.70. The minimum Gasteiger partial charge on any atom is -0.493 e. The van der Waals surface area contributed by atoms with Crippen LogP contribution in [0, 0.1) is 5.82 Å². The average Bonchev–Trinajstić information content (AvgIpc) is 2.46. The number of halogens is 2. The molecule has 2 aromatic rings. The Morgan fingerprint density at radius 1 is 1.25 bits per heavy atom. The van der Waals surface area contributed by atoms with Crippen molar-refractivity contribution in [3.8, 4) is 5.75 Å². The van der Waals surface area contributed by atoms with Crippen LogP contribution in [0.5, 0.6) is 5.75 Å². The van der Waals surface area contributed by atoms with Crippen molar-refractivity contribution in [2.45, 2.75) is 12.8 Å². The van der Waals surface area contributed by atoms with Crippen LogP contribution in [-0.4, -0.2) is 12.4 Å². The predicted molar refractivity (Wildman–Crippen MR) is 77.8 cm³/mol.